The van der Waals surface area contributed by atoms with Crippen molar-refractivity contribution >= 4 is 5.69 Å². The van der Waals surface area contributed by atoms with Crippen molar-refractivity contribution in [1.29, 1.82) is 0 Å². The second kappa shape index (κ2) is 5.22. The van der Waals surface area contributed by atoms with Gasteiger partial charge in [-0.2, -0.15) is 0 Å². The van der Waals surface area contributed by atoms with Crippen molar-refractivity contribution in [3.63, 3.8) is 0 Å². The lowest BCUT2D eigenvalue weighted by molar-refractivity contribution is 0.272. The Kier molecular flexibility index (Phi) is 3.11. The number of nitrogens with zero attached hydrogens (tertiary/aromatic N) is 1. The van der Waals surface area contributed by atoms with Crippen LogP contribution in [0.3, 0.4) is 0 Å². The first-order valence-corrected chi connectivity index (χ1v) is 9.09. The predicted molar refractivity (Wildman–Crippen MR) is 99.3 cm³/mol. The molecule has 1 N–H and O–H groups in total. The average molecular weight is 316 g/mol. The molecular formula is C22H24N2. The van der Waals surface area contributed by atoms with E-state index >= 15 is 0 Å². The number of rotatable bonds is 2. The van der Waals surface area contributed by atoms with Gasteiger partial charge in [-0.1, -0.05) is 60.7 Å². The van der Waals surface area contributed by atoms with Gasteiger partial charge in [0.05, 0.1) is 0 Å². The Labute approximate surface area is 144 Å². The first-order chi connectivity index (χ1) is 11.8. The third kappa shape index (κ3) is 1.86. The smallest absolute Gasteiger partial charge is 0.0443 e. The highest BCUT2D eigenvalue weighted by Gasteiger charge is 2.58. The van der Waals surface area contributed by atoms with Gasteiger partial charge in [-0.3, -0.25) is 0 Å². The van der Waals surface area contributed by atoms with E-state index in [9.17, 15) is 0 Å². The fraction of sp³-hybridized carbons (Fsp3) is 0.364. The number of hydrogen-bond acceptors (Lipinski definition) is 2. The summed E-state index contributed by atoms with van der Waals surface area (Å²) in [5.41, 5.74) is 6.07. The van der Waals surface area contributed by atoms with Crippen molar-refractivity contribution in [1.82, 2.24) is 5.32 Å². The Morgan fingerprint density at radius 1 is 1.04 bits per heavy atom. The van der Waals surface area contributed by atoms with Gasteiger partial charge in [0.1, 0.15) is 0 Å². The Hall–Kier alpha value is -2.06. The minimum Gasteiger partial charge on any atom is -0.363 e. The van der Waals surface area contributed by atoms with Crippen LogP contribution in [-0.2, 0) is 12.0 Å². The quantitative estimate of drug-likeness (QED) is 0.842. The summed E-state index contributed by atoms with van der Waals surface area (Å²) in [4.78, 5) is 2.66. The van der Waals surface area contributed by atoms with Crippen LogP contribution in [0.25, 0.3) is 0 Å². The molecule has 2 aromatic carbocycles. The highest BCUT2D eigenvalue weighted by atomic mass is 15.2. The van der Waals surface area contributed by atoms with Crippen LogP contribution >= 0.6 is 0 Å². The van der Waals surface area contributed by atoms with Crippen LogP contribution in [0, 0.1) is 0 Å². The summed E-state index contributed by atoms with van der Waals surface area (Å²) in [7, 11) is 0. The van der Waals surface area contributed by atoms with Crippen molar-refractivity contribution in [3.05, 3.63) is 77.9 Å². The molecule has 0 aromatic heterocycles. The Balaban J connectivity index is 1.64. The largest absolute Gasteiger partial charge is 0.363 e. The van der Waals surface area contributed by atoms with E-state index < -0.39 is 0 Å². The molecule has 0 unspecified atom stereocenters. The number of fused-ring (bicyclic) bond motifs is 1. The highest BCUT2D eigenvalue weighted by molar-refractivity contribution is 5.67. The molecule has 2 nitrogen and oxygen atoms in total. The van der Waals surface area contributed by atoms with Gasteiger partial charge in [0, 0.05) is 29.7 Å². The Bertz CT molecular complexity index is 782. The molecule has 2 aromatic rings. The van der Waals surface area contributed by atoms with E-state index in [0.717, 1.165) is 25.9 Å². The zero-order valence-electron chi connectivity index (χ0n) is 14.0. The third-order valence-corrected chi connectivity index (χ3v) is 6.41. The maximum Gasteiger partial charge on any atom is 0.0443 e. The summed E-state index contributed by atoms with van der Waals surface area (Å²) in [5.74, 6) is 0. The Morgan fingerprint density at radius 3 is 2.71 bits per heavy atom. The molecule has 3 aliphatic rings. The van der Waals surface area contributed by atoms with Crippen molar-refractivity contribution in [2.75, 3.05) is 11.4 Å². The van der Waals surface area contributed by atoms with E-state index in [1.54, 1.807) is 5.56 Å². The molecule has 24 heavy (non-hydrogen) atoms. The lowest BCUT2D eigenvalue weighted by Gasteiger charge is -2.45. The second-order valence-electron chi connectivity index (χ2n) is 7.60. The van der Waals surface area contributed by atoms with Gasteiger partial charge < -0.3 is 10.2 Å². The van der Waals surface area contributed by atoms with Gasteiger partial charge in [-0.05, 0) is 43.0 Å². The molecule has 122 valence electrons. The molecule has 1 saturated carbocycles. The normalized spacial score (nSPS) is 30.8. The average Bonchev–Trinajstić information content (AvgIpc) is 3.14. The number of hydrogen-bond donors (Lipinski definition) is 1. The summed E-state index contributed by atoms with van der Waals surface area (Å²) in [5, 5.41) is 3.79. The summed E-state index contributed by atoms with van der Waals surface area (Å²) in [6, 6.07) is 21.1. The second-order valence-corrected chi connectivity index (χ2v) is 7.60. The summed E-state index contributed by atoms with van der Waals surface area (Å²) >= 11 is 0. The lowest BCUT2D eigenvalue weighted by Crippen LogP contribution is -2.54. The number of benzene rings is 2. The lowest BCUT2D eigenvalue weighted by atomic mass is 9.64. The van der Waals surface area contributed by atoms with Crippen LogP contribution < -0.4 is 10.2 Å². The van der Waals surface area contributed by atoms with Crippen molar-refractivity contribution < 1.29 is 0 Å². The summed E-state index contributed by atoms with van der Waals surface area (Å²) < 4.78 is 0. The number of anilines is 1. The molecule has 1 saturated heterocycles. The fourth-order valence-corrected chi connectivity index (χ4v) is 5.44. The van der Waals surface area contributed by atoms with Crippen molar-refractivity contribution in [2.45, 2.75) is 43.3 Å². The van der Waals surface area contributed by atoms with Crippen LogP contribution in [0.5, 0.6) is 0 Å². The number of nitrogens with one attached hydrogen (secondary N) is 1. The van der Waals surface area contributed by atoms with E-state index in [-0.39, 0.29) is 5.41 Å². The SMILES string of the molecule is C=C1C[C@@H]2N(Cc3ccccc3)c3ccccc3[C@@]23CCN[C@@H]3C1. The van der Waals surface area contributed by atoms with Crippen LogP contribution in [0.4, 0.5) is 5.69 Å². The van der Waals surface area contributed by atoms with E-state index in [1.165, 1.54) is 23.2 Å². The summed E-state index contributed by atoms with van der Waals surface area (Å²) in [6.45, 7) is 6.49. The van der Waals surface area contributed by atoms with Crippen LogP contribution in [0.1, 0.15) is 30.4 Å². The monoisotopic (exact) mass is 316 g/mol. The Morgan fingerprint density at radius 2 is 1.83 bits per heavy atom. The topological polar surface area (TPSA) is 15.3 Å². The maximum atomic E-state index is 4.37. The third-order valence-electron chi connectivity index (χ3n) is 6.41. The molecule has 3 atom stereocenters. The first-order valence-electron chi connectivity index (χ1n) is 9.09. The molecule has 2 aliphatic heterocycles. The maximum absolute atomic E-state index is 4.37. The van der Waals surface area contributed by atoms with E-state index in [4.69, 9.17) is 0 Å². The molecular weight excluding hydrogens is 292 g/mol. The van der Waals surface area contributed by atoms with Crippen LogP contribution in [-0.4, -0.2) is 18.6 Å². The predicted octanol–water partition coefficient (Wildman–Crippen LogP) is 4.03. The van der Waals surface area contributed by atoms with E-state index in [2.05, 4.69) is 71.4 Å². The van der Waals surface area contributed by atoms with Crippen molar-refractivity contribution in [2.24, 2.45) is 0 Å². The molecule has 0 radical (unpaired) electrons. The van der Waals surface area contributed by atoms with Crippen LogP contribution in [0.15, 0.2) is 66.7 Å². The molecule has 2 heterocycles. The molecule has 2 heteroatoms. The van der Waals surface area contributed by atoms with Crippen LogP contribution in [0.2, 0.25) is 0 Å². The molecule has 0 bridgehead atoms. The minimum absolute atomic E-state index is 0.270. The summed E-state index contributed by atoms with van der Waals surface area (Å²) in [6.07, 6.45) is 3.50. The fourth-order valence-electron chi connectivity index (χ4n) is 5.44. The minimum atomic E-state index is 0.270. The zero-order chi connectivity index (χ0) is 16.1. The highest BCUT2D eigenvalue weighted by Crippen LogP contribution is 2.56. The van der Waals surface area contributed by atoms with Gasteiger partial charge in [-0.25, -0.2) is 0 Å². The molecule has 0 amide bonds. The van der Waals surface area contributed by atoms with E-state index in [0.29, 0.717) is 12.1 Å². The molecule has 5 rings (SSSR count). The first kappa shape index (κ1) is 14.3. The van der Waals surface area contributed by atoms with Gasteiger partial charge in [-0.15, -0.1) is 0 Å². The molecule has 2 fully saturated rings. The zero-order valence-corrected chi connectivity index (χ0v) is 14.0. The standard InChI is InChI=1S/C22H24N2/c1-16-13-20-22(11-12-23-20)18-9-5-6-10-19(18)24(21(22)14-16)15-17-7-3-2-4-8-17/h2-10,20-21,23H,1,11-15H2/t20-,21+,22-/m1/s1. The van der Waals surface area contributed by atoms with Gasteiger partial charge in [0.25, 0.3) is 0 Å². The molecule has 1 spiro atoms. The van der Waals surface area contributed by atoms with Crippen molar-refractivity contribution in [3.8, 4) is 0 Å². The molecule has 1 aliphatic carbocycles. The van der Waals surface area contributed by atoms with Gasteiger partial charge >= 0.3 is 0 Å². The van der Waals surface area contributed by atoms with Gasteiger partial charge in [0.15, 0.2) is 0 Å². The van der Waals surface area contributed by atoms with Gasteiger partial charge in [0.2, 0.25) is 0 Å². The number of para-hydroxylation sites is 1. The van der Waals surface area contributed by atoms with E-state index in [1.807, 2.05) is 0 Å².